The smallest absolute Gasteiger partial charge is 0.416 e. The van der Waals surface area contributed by atoms with Gasteiger partial charge in [-0.1, -0.05) is 106 Å². The highest BCUT2D eigenvalue weighted by atomic mass is 28.4. The lowest BCUT2D eigenvalue weighted by molar-refractivity contribution is -0.139. The second-order valence-corrected chi connectivity index (χ2v) is 33.1. The molecule has 0 unspecified atom stereocenters. The molecule has 6 atom stereocenters. The van der Waals surface area contributed by atoms with Gasteiger partial charge in [0.05, 0.1) is 29.8 Å². The molecule has 1 aromatic rings. The number of carbonyl (C=O) groups excluding carboxylic acids is 2. The molecule has 11 heteroatoms. The molecule has 8 nitrogen and oxygen atoms in total. The number of methoxy groups -OCH3 is 1. The number of hydrogen-bond acceptors (Lipinski definition) is 7. The Bertz CT molecular complexity index is 1270. The van der Waals surface area contributed by atoms with Gasteiger partial charge in [-0.05, 0) is 85.6 Å². The molecule has 0 bridgehead atoms. The van der Waals surface area contributed by atoms with Gasteiger partial charge in [0.15, 0.2) is 25.0 Å². The molecule has 1 saturated heterocycles. The summed E-state index contributed by atoms with van der Waals surface area (Å²) < 4.78 is 33.4. The van der Waals surface area contributed by atoms with Crippen LogP contribution in [0.25, 0.3) is 0 Å². The normalized spacial score (nSPS) is 19.9. The standard InChI is InChI=1S/C41H77NO7Si3/c1-18-52(19-2,20-3)49-36(41(12,45-13)28-31(4)29-47-50(14,15)39(6,7)8)27-35(48-51(16,17)40(9,10)11)32(5)37(43)42-34(30-46-38(42)44)26-33-24-22-21-23-25-33/h21-25,31-32,34-36H,18-20,26-30H2,1-17H3/t31-,32-,34-,35+,36-,41-/m1/s1. The number of ether oxygens (including phenoxy) is 2. The highest BCUT2D eigenvalue weighted by Gasteiger charge is 2.49. The third-order valence-corrected chi connectivity index (χ3v) is 26.6. The largest absolute Gasteiger partial charge is 0.447 e. The number of cyclic esters (lactones) is 1. The Morgan fingerprint density at radius 1 is 0.885 bits per heavy atom. The lowest BCUT2D eigenvalue weighted by Crippen LogP contribution is -2.56. The Morgan fingerprint density at radius 3 is 1.90 bits per heavy atom. The predicted octanol–water partition coefficient (Wildman–Crippen LogP) is 10.8. The van der Waals surface area contributed by atoms with Gasteiger partial charge in [-0.25, -0.2) is 9.69 Å². The molecule has 1 aromatic carbocycles. The van der Waals surface area contributed by atoms with Crippen molar-refractivity contribution in [1.29, 1.82) is 0 Å². The van der Waals surface area contributed by atoms with Gasteiger partial charge in [0.25, 0.3) is 0 Å². The zero-order valence-electron chi connectivity index (χ0n) is 36.2. The maximum Gasteiger partial charge on any atom is 0.416 e. The first-order chi connectivity index (χ1) is 23.8. The average molecular weight is 780 g/mol. The van der Waals surface area contributed by atoms with Crippen LogP contribution in [0.5, 0.6) is 0 Å². The van der Waals surface area contributed by atoms with E-state index < -0.39 is 48.7 Å². The summed E-state index contributed by atoms with van der Waals surface area (Å²) in [4.78, 5) is 29.2. The monoisotopic (exact) mass is 780 g/mol. The molecule has 1 heterocycles. The maximum absolute atomic E-state index is 14.6. The van der Waals surface area contributed by atoms with Gasteiger partial charge in [0.2, 0.25) is 5.91 Å². The zero-order valence-corrected chi connectivity index (χ0v) is 39.2. The Morgan fingerprint density at radius 2 is 1.42 bits per heavy atom. The minimum atomic E-state index is -2.40. The molecular weight excluding hydrogens is 703 g/mol. The summed E-state index contributed by atoms with van der Waals surface area (Å²) in [5.74, 6) is -0.667. The van der Waals surface area contributed by atoms with Crippen molar-refractivity contribution in [2.75, 3.05) is 20.3 Å². The predicted molar refractivity (Wildman–Crippen MR) is 222 cm³/mol. The Labute approximate surface area is 321 Å². The average Bonchev–Trinajstić information content (AvgIpc) is 3.43. The van der Waals surface area contributed by atoms with Gasteiger partial charge in [-0.3, -0.25) is 4.79 Å². The van der Waals surface area contributed by atoms with E-state index in [9.17, 15) is 9.59 Å². The van der Waals surface area contributed by atoms with E-state index in [1.54, 1.807) is 7.11 Å². The van der Waals surface area contributed by atoms with Crippen LogP contribution < -0.4 is 0 Å². The number of amides is 2. The first-order valence-electron chi connectivity index (χ1n) is 19.9. The van der Waals surface area contributed by atoms with Crippen LogP contribution in [0, 0.1) is 11.8 Å². The first-order valence-corrected chi connectivity index (χ1v) is 28.3. The molecule has 0 N–H and O–H groups in total. The number of rotatable bonds is 20. The summed E-state index contributed by atoms with van der Waals surface area (Å²) in [6.07, 6.45) is 0.323. The molecule has 300 valence electrons. The van der Waals surface area contributed by atoms with Gasteiger partial charge < -0.3 is 22.8 Å². The van der Waals surface area contributed by atoms with Gasteiger partial charge in [0, 0.05) is 20.1 Å². The van der Waals surface area contributed by atoms with E-state index in [2.05, 4.69) is 102 Å². The minimum absolute atomic E-state index is 0.0955. The quantitative estimate of drug-likeness (QED) is 0.122. The first kappa shape index (κ1) is 46.8. The fourth-order valence-corrected chi connectivity index (χ4v) is 12.1. The van der Waals surface area contributed by atoms with Crippen molar-refractivity contribution in [2.45, 2.75) is 181 Å². The molecule has 0 aliphatic carbocycles. The van der Waals surface area contributed by atoms with Crippen molar-refractivity contribution < 1.29 is 32.3 Å². The van der Waals surface area contributed by atoms with Crippen molar-refractivity contribution in [2.24, 2.45) is 11.8 Å². The molecule has 0 aromatic heterocycles. The Balaban J connectivity index is 2.60. The van der Waals surface area contributed by atoms with Crippen LogP contribution in [-0.4, -0.2) is 86.0 Å². The number of imide groups is 1. The molecule has 2 amide bonds. The van der Waals surface area contributed by atoms with Crippen LogP contribution in [-0.2, 0) is 34.0 Å². The fourth-order valence-electron chi connectivity index (χ4n) is 6.65. The van der Waals surface area contributed by atoms with Crippen LogP contribution in [0.1, 0.15) is 101 Å². The molecule has 0 saturated carbocycles. The summed E-state index contributed by atoms with van der Waals surface area (Å²) in [7, 11) is -4.72. The van der Waals surface area contributed by atoms with Crippen LogP contribution in [0.4, 0.5) is 4.79 Å². The summed E-state index contributed by atoms with van der Waals surface area (Å²) in [6, 6.07) is 12.6. The van der Waals surface area contributed by atoms with E-state index >= 15 is 0 Å². The minimum Gasteiger partial charge on any atom is -0.447 e. The zero-order chi connectivity index (χ0) is 39.9. The van der Waals surface area contributed by atoms with E-state index in [-0.39, 0.29) is 40.7 Å². The topological polar surface area (TPSA) is 83.5 Å². The fraction of sp³-hybridized carbons (Fsp3) is 0.805. The van der Waals surface area contributed by atoms with Crippen LogP contribution in [0.2, 0.25) is 54.4 Å². The summed E-state index contributed by atoms with van der Waals surface area (Å²) in [6.45, 7) is 36.4. The lowest BCUT2D eigenvalue weighted by Gasteiger charge is -2.47. The SMILES string of the molecule is CC[Si](CC)(CC)O[C@H](C[C@H](O[Si](C)(C)C(C)(C)C)[C@@H](C)C(=O)N1C(=O)OC[C@H]1Cc1ccccc1)[C@@](C)(C[C@@H](C)CO[Si](C)(C)C(C)(C)C)OC. The third kappa shape index (κ3) is 11.8. The van der Waals surface area contributed by atoms with E-state index in [0.717, 1.165) is 30.1 Å². The van der Waals surface area contributed by atoms with Gasteiger partial charge in [0.1, 0.15) is 6.61 Å². The van der Waals surface area contributed by atoms with Crippen LogP contribution >= 0.6 is 0 Å². The van der Waals surface area contributed by atoms with Crippen LogP contribution in [0.15, 0.2) is 30.3 Å². The van der Waals surface area contributed by atoms with Crippen molar-refractivity contribution >= 4 is 37.0 Å². The van der Waals surface area contributed by atoms with Crippen molar-refractivity contribution in [1.82, 2.24) is 4.90 Å². The Kier molecular flexibility index (Phi) is 16.7. The summed E-state index contributed by atoms with van der Waals surface area (Å²) in [5, 5.41) is 0.0259. The number of hydrogen-bond donors (Lipinski definition) is 0. The van der Waals surface area contributed by atoms with Gasteiger partial charge in [-0.2, -0.15) is 0 Å². The molecule has 1 aliphatic rings. The Hall–Kier alpha value is -1.35. The highest BCUT2D eigenvalue weighted by molar-refractivity contribution is 6.74. The highest BCUT2D eigenvalue weighted by Crippen LogP contribution is 2.42. The molecule has 2 rings (SSSR count). The van der Waals surface area contributed by atoms with E-state index in [1.165, 1.54) is 4.90 Å². The lowest BCUT2D eigenvalue weighted by atomic mass is 9.84. The molecule has 0 spiro atoms. The van der Waals surface area contributed by atoms with Gasteiger partial charge in [-0.15, -0.1) is 0 Å². The molecular formula is C41H77NO7Si3. The second-order valence-electron chi connectivity index (χ2n) is 18.8. The van der Waals surface area contributed by atoms with Gasteiger partial charge >= 0.3 is 6.09 Å². The van der Waals surface area contributed by atoms with Crippen molar-refractivity contribution in [3.63, 3.8) is 0 Å². The molecule has 0 radical (unpaired) electrons. The number of carbonyl (C=O) groups is 2. The number of benzene rings is 1. The second kappa shape index (κ2) is 18.5. The van der Waals surface area contributed by atoms with E-state index in [0.29, 0.717) is 19.4 Å². The van der Waals surface area contributed by atoms with E-state index in [4.69, 9.17) is 22.8 Å². The number of nitrogens with zero attached hydrogens (tertiary/aromatic N) is 1. The third-order valence-electron chi connectivity index (χ3n) is 12.9. The molecule has 52 heavy (non-hydrogen) atoms. The molecule has 1 aliphatic heterocycles. The van der Waals surface area contributed by atoms with E-state index in [1.807, 2.05) is 37.3 Å². The summed E-state index contributed by atoms with van der Waals surface area (Å²) in [5.41, 5.74) is 0.384. The van der Waals surface area contributed by atoms with Crippen molar-refractivity contribution in [3.05, 3.63) is 35.9 Å². The molecule has 1 fully saturated rings. The van der Waals surface area contributed by atoms with Crippen LogP contribution in [0.3, 0.4) is 0 Å². The van der Waals surface area contributed by atoms with Crippen molar-refractivity contribution in [3.8, 4) is 0 Å². The summed E-state index contributed by atoms with van der Waals surface area (Å²) >= 11 is 0. The maximum atomic E-state index is 14.6.